The number of nitrogens with two attached hydrogens (primary N) is 1. The van der Waals surface area contributed by atoms with Crippen molar-refractivity contribution in [3.8, 4) is 5.75 Å². The molecule has 0 radical (unpaired) electrons. The van der Waals surface area contributed by atoms with E-state index in [0.29, 0.717) is 5.75 Å². The number of ether oxygens (including phenoxy) is 1. The van der Waals surface area contributed by atoms with Crippen LogP contribution in [0.2, 0.25) is 0 Å². The minimum absolute atomic E-state index is 0.0891. The predicted molar refractivity (Wildman–Crippen MR) is 81.9 cm³/mol. The molecule has 21 heavy (non-hydrogen) atoms. The van der Waals surface area contributed by atoms with Crippen LogP contribution in [0, 0.1) is 0 Å². The first-order chi connectivity index (χ1) is 9.49. The Balaban J connectivity index is 3.19. The van der Waals surface area contributed by atoms with Gasteiger partial charge in [-0.1, -0.05) is 0 Å². The highest BCUT2D eigenvalue weighted by Crippen LogP contribution is 2.27. The summed E-state index contributed by atoms with van der Waals surface area (Å²) in [6.07, 6.45) is 0. The molecule has 7 heteroatoms. The summed E-state index contributed by atoms with van der Waals surface area (Å²) in [7, 11) is -2.46. The van der Waals surface area contributed by atoms with E-state index in [1.54, 1.807) is 26.8 Å². The summed E-state index contributed by atoms with van der Waals surface area (Å²) in [5.41, 5.74) is 5.31. The second kappa shape index (κ2) is 5.93. The average molecular weight is 314 g/mol. The lowest BCUT2D eigenvalue weighted by molar-refractivity contribution is -0.121. The molecule has 0 fully saturated rings. The molecule has 3 N–H and O–H groups in total. The number of sulfone groups is 1. The maximum Gasteiger partial charge on any atom is 0.238 e. The number of carbonyl (C=O) groups is 1. The second-order valence-corrected chi connectivity index (χ2v) is 8.07. The maximum absolute atomic E-state index is 12.6. The van der Waals surface area contributed by atoms with E-state index in [2.05, 4.69) is 5.32 Å². The average Bonchev–Trinajstić information content (AvgIpc) is 2.36. The van der Waals surface area contributed by atoms with Crippen LogP contribution in [0.3, 0.4) is 0 Å². The van der Waals surface area contributed by atoms with Gasteiger partial charge in [0.05, 0.1) is 17.7 Å². The zero-order valence-electron chi connectivity index (χ0n) is 12.9. The van der Waals surface area contributed by atoms with Crippen molar-refractivity contribution in [3.05, 3.63) is 18.2 Å². The first kappa shape index (κ1) is 17.3. The van der Waals surface area contributed by atoms with E-state index < -0.39 is 26.5 Å². The van der Waals surface area contributed by atoms with Crippen molar-refractivity contribution in [1.82, 2.24) is 5.32 Å². The minimum atomic E-state index is -3.89. The molecule has 1 aromatic rings. The molecule has 1 rings (SSSR count). The van der Waals surface area contributed by atoms with Gasteiger partial charge in [-0.3, -0.25) is 4.79 Å². The Morgan fingerprint density at radius 3 is 2.38 bits per heavy atom. The molecule has 1 atom stereocenters. The molecular weight excluding hydrogens is 292 g/mol. The highest BCUT2D eigenvalue weighted by molar-refractivity contribution is 7.93. The van der Waals surface area contributed by atoms with E-state index in [0.717, 1.165) is 0 Å². The number of amides is 1. The van der Waals surface area contributed by atoms with Crippen LogP contribution in [-0.4, -0.2) is 32.2 Å². The smallest absolute Gasteiger partial charge is 0.238 e. The summed E-state index contributed by atoms with van der Waals surface area (Å²) in [5.74, 6) is -0.198. The van der Waals surface area contributed by atoms with E-state index in [-0.39, 0.29) is 10.6 Å². The third kappa shape index (κ3) is 4.10. The first-order valence-electron chi connectivity index (χ1n) is 6.48. The summed E-state index contributed by atoms with van der Waals surface area (Å²) in [5, 5.41) is 1.41. The van der Waals surface area contributed by atoms with Crippen LogP contribution < -0.4 is 15.8 Å². The first-order valence-corrected chi connectivity index (χ1v) is 8.03. The molecule has 0 heterocycles. The maximum atomic E-state index is 12.6. The molecule has 0 saturated heterocycles. The van der Waals surface area contributed by atoms with Gasteiger partial charge in [-0.25, -0.2) is 8.42 Å². The molecule has 0 spiro atoms. The van der Waals surface area contributed by atoms with Gasteiger partial charge in [0.2, 0.25) is 5.91 Å². The van der Waals surface area contributed by atoms with Crippen molar-refractivity contribution in [2.75, 3.05) is 12.8 Å². The van der Waals surface area contributed by atoms with Gasteiger partial charge in [-0.2, -0.15) is 0 Å². The number of benzene rings is 1. The van der Waals surface area contributed by atoms with Crippen LogP contribution in [0.25, 0.3) is 0 Å². The Morgan fingerprint density at radius 2 is 1.90 bits per heavy atom. The van der Waals surface area contributed by atoms with Crippen molar-refractivity contribution in [2.45, 2.75) is 43.4 Å². The largest absolute Gasteiger partial charge is 0.497 e. The fraction of sp³-hybridized carbons (Fsp3) is 0.500. The van der Waals surface area contributed by atoms with Crippen molar-refractivity contribution < 1.29 is 17.9 Å². The molecule has 0 aliphatic rings. The van der Waals surface area contributed by atoms with Crippen molar-refractivity contribution in [2.24, 2.45) is 0 Å². The SMILES string of the molecule is COc1ccc(N)c(S(=O)(=O)C(C)C(=O)NC(C)(C)C)c1. The van der Waals surface area contributed by atoms with Gasteiger partial charge in [0, 0.05) is 11.6 Å². The van der Waals surface area contributed by atoms with E-state index in [9.17, 15) is 13.2 Å². The summed E-state index contributed by atoms with van der Waals surface area (Å²) in [4.78, 5) is 12.0. The Kier molecular flexibility index (Phi) is 4.88. The lowest BCUT2D eigenvalue weighted by Gasteiger charge is -2.23. The van der Waals surface area contributed by atoms with Crippen molar-refractivity contribution in [1.29, 1.82) is 0 Å². The van der Waals surface area contributed by atoms with E-state index in [1.165, 1.54) is 26.2 Å². The minimum Gasteiger partial charge on any atom is -0.497 e. The normalized spacial score (nSPS) is 13.6. The molecule has 1 unspecified atom stereocenters. The summed E-state index contributed by atoms with van der Waals surface area (Å²) < 4.78 is 30.1. The lowest BCUT2D eigenvalue weighted by Crippen LogP contribution is -2.47. The standard InChI is InChI=1S/C14H22N2O4S/c1-9(13(17)16-14(2,3)4)21(18,19)12-8-10(20-5)6-7-11(12)15/h6-9H,15H2,1-5H3,(H,16,17). The number of carbonyl (C=O) groups excluding carboxylic acids is 1. The topological polar surface area (TPSA) is 98.5 Å². The van der Waals surface area contributed by atoms with Gasteiger partial charge in [0.1, 0.15) is 11.0 Å². The molecule has 1 amide bonds. The molecule has 0 saturated carbocycles. The molecule has 0 bridgehead atoms. The lowest BCUT2D eigenvalue weighted by atomic mass is 10.1. The molecule has 118 valence electrons. The number of nitrogens with one attached hydrogen (secondary N) is 1. The third-order valence-corrected chi connectivity index (χ3v) is 4.97. The van der Waals surface area contributed by atoms with Gasteiger partial charge in [0.15, 0.2) is 9.84 Å². The van der Waals surface area contributed by atoms with Crippen LogP contribution in [0.4, 0.5) is 5.69 Å². The fourth-order valence-electron chi connectivity index (χ4n) is 1.69. The van der Waals surface area contributed by atoms with Gasteiger partial charge in [-0.15, -0.1) is 0 Å². The van der Waals surface area contributed by atoms with Gasteiger partial charge >= 0.3 is 0 Å². The number of anilines is 1. The number of rotatable bonds is 4. The zero-order chi connectivity index (χ0) is 16.4. The predicted octanol–water partition coefficient (Wildman–Crippen LogP) is 1.35. The number of methoxy groups -OCH3 is 1. The quantitative estimate of drug-likeness (QED) is 0.818. The van der Waals surface area contributed by atoms with Gasteiger partial charge in [0.25, 0.3) is 0 Å². The van der Waals surface area contributed by atoms with Gasteiger partial charge < -0.3 is 15.8 Å². The second-order valence-electron chi connectivity index (χ2n) is 5.83. The fourth-order valence-corrected chi connectivity index (χ4v) is 3.09. The van der Waals surface area contributed by atoms with Crippen molar-refractivity contribution >= 4 is 21.4 Å². The number of nitrogen functional groups attached to an aromatic ring is 1. The Hall–Kier alpha value is -1.76. The summed E-state index contributed by atoms with van der Waals surface area (Å²) in [6, 6.07) is 4.33. The highest BCUT2D eigenvalue weighted by atomic mass is 32.2. The van der Waals surface area contributed by atoms with Crippen LogP contribution in [0.1, 0.15) is 27.7 Å². The van der Waals surface area contributed by atoms with E-state index in [4.69, 9.17) is 10.5 Å². The molecular formula is C14H22N2O4S. The Bertz CT molecular complexity index is 633. The third-order valence-electron chi connectivity index (χ3n) is 2.86. The van der Waals surface area contributed by atoms with Gasteiger partial charge in [-0.05, 0) is 39.8 Å². The molecule has 0 aliphatic heterocycles. The number of hydrogen-bond donors (Lipinski definition) is 2. The Morgan fingerprint density at radius 1 is 1.33 bits per heavy atom. The monoisotopic (exact) mass is 314 g/mol. The van der Waals surface area contributed by atoms with E-state index >= 15 is 0 Å². The molecule has 0 aromatic heterocycles. The van der Waals surface area contributed by atoms with Crippen LogP contribution in [0.5, 0.6) is 5.75 Å². The summed E-state index contributed by atoms with van der Waals surface area (Å²) in [6.45, 7) is 6.69. The van der Waals surface area contributed by atoms with Crippen LogP contribution >= 0.6 is 0 Å². The van der Waals surface area contributed by atoms with Crippen LogP contribution in [-0.2, 0) is 14.6 Å². The number of hydrogen-bond acceptors (Lipinski definition) is 5. The zero-order valence-corrected chi connectivity index (χ0v) is 13.7. The molecule has 1 aromatic carbocycles. The molecule has 0 aliphatic carbocycles. The summed E-state index contributed by atoms with van der Waals surface area (Å²) >= 11 is 0. The van der Waals surface area contributed by atoms with E-state index in [1.807, 2.05) is 0 Å². The van der Waals surface area contributed by atoms with Crippen LogP contribution in [0.15, 0.2) is 23.1 Å². The highest BCUT2D eigenvalue weighted by Gasteiger charge is 2.33. The van der Waals surface area contributed by atoms with Crippen molar-refractivity contribution in [3.63, 3.8) is 0 Å². The Labute approximate surface area is 125 Å². The molecule has 6 nitrogen and oxygen atoms in total.